The van der Waals surface area contributed by atoms with E-state index in [1.807, 2.05) is 0 Å². The average molecular weight is 847 g/mol. The van der Waals surface area contributed by atoms with Crippen LogP contribution < -0.4 is 19.6 Å². The van der Waals surface area contributed by atoms with Gasteiger partial charge in [-0.2, -0.15) is 0 Å². The van der Waals surface area contributed by atoms with Crippen LogP contribution in [0.4, 0.5) is 0 Å². The normalized spacial score (nSPS) is 13.3. The van der Waals surface area contributed by atoms with Gasteiger partial charge in [-0.3, -0.25) is 0 Å². The molecule has 0 aromatic heterocycles. The van der Waals surface area contributed by atoms with E-state index in [1.165, 1.54) is 25.7 Å². The number of hydrogen-bond acceptors (Lipinski definition) is 6. The van der Waals surface area contributed by atoms with Crippen molar-refractivity contribution in [1.82, 2.24) is 0 Å². The molecule has 0 spiro atoms. The molecule has 4 nitrogen and oxygen atoms in total. The standard InChI is InChI=1S/2C14H30O2PS2.3Zn/c2*1-13(2)9-6-5-7-11-19(17(15,16)18)12-8-10-14(3)4;;;/h2*13-14H,5-12H2,1-4H3;;;/q2*-3;3*+2. The Morgan fingerprint density at radius 2 is 0.634 bits per heavy atom. The first-order valence-corrected chi connectivity index (χ1v) is 24.5. The summed E-state index contributed by atoms with van der Waals surface area (Å²) >= 11 is 9.43. The molecule has 0 fully saturated rings. The van der Waals surface area contributed by atoms with Crippen molar-refractivity contribution >= 4 is 56.0 Å². The molecule has 0 aromatic carbocycles. The van der Waals surface area contributed by atoms with Gasteiger partial charge in [-0.25, -0.2) is 20.1 Å². The van der Waals surface area contributed by atoms with E-state index in [-0.39, 0.29) is 58.4 Å². The van der Waals surface area contributed by atoms with Gasteiger partial charge in [-0.1, -0.05) is 107 Å². The quantitative estimate of drug-likeness (QED) is 0.0611. The predicted octanol–water partition coefficient (Wildman–Crippen LogP) is 6.40. The van der Waals surface area contributed by atoms with Crippen molar-refractivity contribution in [2.75, 3.05) is 23.0 Å². The van der Waals surface area contributed by atoms with E-state index in [0.29, 0.717) is 11.8 Å². The summed E-state index contributed by atoms with van der Waals surface area (Å²) in [5.41, 5.74) is -7.08. The Labute approximate surface area is 310 Å². The van der Waals surface area contributed by atoms with E-state index < -0.39 is 31.5 Å². The van der Waals surface area contributed by atoms with Gasteiger partial charge >= 0.3 is 58.4 Å². The van der Waals surface area contributed by atoms with Crippen molar-refractivity contribution in [1.29, 1.82) is 0 Å². The van der Waals surface area contributed by atoms with E-state index in [9.17, 15) is 19.6 Å². The molecule has 236 valence electrons. The molecule has 0 aliphatic carbocycles. The van der Waals surface area contributed by atoms with Crippen molar-refractivity contribution in [3.8, 4) is 0 Å². The minimum absolute atomic E-state index is 0. The molecule has 0 aliphatic heterocycles. The maximum Gasteiger partial charge on any atom is 2.00 e. The molecule has 0 radical (unpaired) electrons. The van der Waals surface area contributed by atoms with E-state index in [4.69, 9.17) is 24.5 Å². The molecule has 0 rings (SSSR count). The van der Waals surface area contributed by atoms with Crippen LogP contribution in [0.25, 0.3) is 0 Å². The third-order valence-electron chi connectivity index (χ3n) is 6.28. The second-order valence-electron chi connectivity index (χ2n) is 12.2. The van der Waals surface area contributed by atoms with E-state index in [1.54, 1.807) is 0 Å². The van der Waals surface area contributed by atoms with Gasteiger partial charge in [-0.15, -0.1) is 0 Å². The van der Waals surface area contributed by atoms with E-state index >= 15 is 0 Å². The van der Waals surface area contributed by atoms with Gasteiger partial charge in [0, 0.05) is 0 Å². The third kappa shape index (κ3) is 40.1. The molecule has 13 heteroatoms. The molecule has 0 aromatic rings. The molecule has 0 N–H and O–H groups in total. The van der Waals surface area contributed by atoms with Crippen LogP contribution in [-0.2, 0) is 103 Å². The monoisotopic (exact) mass is 842 g/mol. The minimum Gasteiger partial charge on any atom is -0.854 e. The Morgan fingerprint density at radius 1 is 0.415 bits per heavy atom. The van der Waals surface area contributed by atoms with Crippen molar-refractivity contribution < 1.29 is 78.0 Å². The summed E-state index contributed by atoms with van der Waals surface area (Å²) in [4.78, 5) is 46.5. The first-order chi connectivity index (χ1) is 17.5. The summed E-state index contributed by atoms with van der Waals surface area (Å²) in [6.07, 6.45) is 13.4. The first-order valence-electron chi connectivity index (χ1n) is 14.9. The van der Waals surface area contributed by atoms with Crippen LogP contribution in [0.3, 0.4) is 0 Å². The van der Waals surface area contributed by atoms with Gasteiger partial charge in [-0.05, 0) is 72.4 Å². The molecule has 2 unspecified atom stereocenters. The molecule has 0 saturated carbocycles. The zero-order valence-corrected chi connectivity index (χ0v) is 41.9. The summed E-state index contributed by atoms with van der Waals surface area (Å²) < 4.78 is 0. The molecule has 41 heavy (non-hydrogen) atoms. The molecular weight excluding hydrogens is 787 g/mol. The summed E-state index contributed by atoms with van der Waals surface area (Å²) in [5.74, 6) is 5.93. The Bertz CT molecular complexity index is 627. The summed E-state index contributed by atoms with van der Waals surface area (Å²) in [5, 5.41) is 0. The molecule has 0 bridgehead atoms. The minimum atomic E-state index is -3.54. The Kier molecular flexibility index (Phi) is 43.2. The van der Waals surface area contributed by atoms with Gasteiger partial charge in [0.1, 0.15) is 0 Å². The number of rotatable bonds is 20. The zero-order valence-electron chi connectivity index (χ0n) is 27.9. The van der Waals surface area contributed by atoms with Crippen LogP contribution in [0.15, 0.2) is 0 Å². The van der Waals surface area contributed by atoms with Crippen LogP contribution in [0, 0.1) is 23.7 Å². The van der Waals surface area contributed by atoms with Crippen molar-refractivity contribution in [3.63, 3.8) is 0 Å². The van der Waals surface area contributed by atoms with Crippen LogP contribution >= 0.6 is 11.4 Å². The van der Waals surface area contributed by atoms with Crippen LogP contribution in [0.1, 0.15) is 132 Å². The van der Waals surface area contributed by atoms with Crippen molar-refractivity contribution in [2.45, 2.75) is 132 Å². The van der Waals surface area contributed by atoms with Crippen LogP contribution in [0.2, 0.25) is 0 Å². The van der Waals surface area contributed by atoms with Gasteiger partial charge in [0.05, 0.1) is 0 Å². The molecule has 0 saturated heterocycles. The fourth-order valence-electron chi connectivity index (χ4n) is 3.96. The molecule has 0 aliphatic rings. The second-order valence-corrected chi connectivity index (χ2v) is 27.7. The zero-order chi connectivity index (χ0) is 29.8. The largest absolute Gasteiger partial charge is 2.00 e. The van der Waals surface area contributed by atoms with E-state index in [2.05, 4.69) is 55.4 Å². The second kappa shape index (κ2) is 32.5. The van der Waals surface area contributed by atoms with Gasteiger partial charge in [0.15, 0.2) is 0 Å². The molecule has 0 heterocycles. The predicted molar refractivity (Wildman–Crippen MR) is 178 cm³/mol. The third-order valence-corrected chi connectivity index (χ3v) is 20.4. The Balaban J connectivity index is -0.000000196. The van der Waals surface area contributed by atoms with Crippen LogP contribution in [-0.4, -0.2) is 23.0 Å². The van der Waals surface area contributed by atoms with Gasteiger partial charge < -0.3 is 55.5 Å². The summed E-state index contributed by atoms with van der Waals surface area (Å²) in [6.45, 7) is 17.6. The molecule has 0 amide bonds. The average Bonchev–Trinajstić information content (AvgIpc) is 2.74. The first kappa shape index (κ1) is 54.4. The number of hydrogen-bond donors (Lipinski definition) is 0. The van der Waals surface area contributed by atoms with Crippen molar-refractivity contribution in [2.24, 2.45) is 23.7 Å². The fourth-order valence-corrected chi connectivity index (χ4v) is 14.3. The van der Waals surface area contributed by atoms with Gasteiger partial charge in [0.2, 0.25) is 0 Å². The van der Waals surface area contributed by atoms with Crippen molar-refractivity contribution in [3.05, 3.63) is 0 Å². The summed E-state index contributed by atoms with van der Waals surface area (Å²) in [7, 11) is -1.12. The maximum absolute atomic E-state index is 11.6. The number of unbranched alkanes of at least 4 members (excludes halogenated alkanes) is 4. The molecular formula is C28H60O4P2S4Zn3. The topological polar surface area (TPSA) is 92.2 Å². The smallest absolute Gasteiger partial charge is 0.854 e. The van der Waals surface area contributed by atoms with E-state index in [0.717, 1.165) is 86.2 Å². The molecule has 2 atom stereocenters. The summed E-state index contributed by atoms with van der Waals surface area (Å²) in [6, 6.07) is 0. The fraction of sp³-hybridized carbons (Fsp3) is 1.00. The van der Waals surface area contributed by atoms with Crippen LogP contribution in [0.5, 0.6) is 0 Å². The Hall–Kier alpha value is 3.97. The SMILES string of the molecule is CC(C)CCCCCS(CCCC(C)C)=P([O-])([O-])[S-].CC(C)CCCCCS(CCCC(C)C)=P([O-])([O-])[S-].[Zn+2].[Zn+2].[Zn+2]. The van der Waals surface area contributed by atoms with Gasteiger partial charge in [0.25, 0.3) is 0 Å². The maximum atomic E-state index is 11.6. The Morgan fingerprint density at radius 3 is 0.854 bits per heavy atom.